The summed E-state index contributed by atoms with van der Waals surface area (Å²) in [4.78, 5) is 13.6. The van der Waals surface area contributed by atoms with E-state index in [4.69, 9.17) is 20.9 Å². The van der Waals surface area contributed by atoms with E-state index in [-0.39, 0.29) is 30.6 Å². The maximum Gasteiger partial charge on any atom is 0.417 e. The van der Waals surface area contributed by atoms with E-state index >= 15 is 0 Å². The molecular weight excluding hydrogens is 654 g/mol. The van der Waals surface area contributed by atoms with Crippen LogP contribution in [0.1, 0.15) is 91.2 Å². The topological polar surface area (TPSA) is 87.6 Å². The number of unbranched alkanes of at least 4 members (excludes halogenated alkanes) is 2. The largest absolute Gasteiger partial charge is 0.489 e. The van der Waals surface area contributed by atoms with Crippen LogP contribution in [0.4, 0.5) is 26.3 Å². The second kappa shape index (κ2) is 13.8. The summed E-state index contributed by atoms with van der Waals surface area (Å²) in [6, 6.07) is 9.98. The van der Waals surface area contributed by atoms with Crippen molar-refractivity contribution < 1.29 is 40.6 Å². The molecular formula is C36H46F6N2O3S. The van der Waals surface area contributed by atoms with E-state index in [1.807, 2.05) is 6.92 Å². The van der Waals surface area contributed by atoms with Crippen LogP contribution in [0.3, 0.4) is 0 Å². The highest BCUT2D eigenvalue weighted by atomic mass is 32.1. The lowest BCUT2D eigenvalue weighted by Crippen LogP contribution is -2.54. The maximum atomic E-state index is 14.8. The lowest BCUT2D eigenvalue weighted by Gasteiger charge is -2.40. The van der Waals surface area contributed by atoms with Crippen molar-refractivity contribution in [1.82, 2.24) is 0 Å². The van der Waals surface area contributed by atoms with Gasteiger partial charge in [0.2, 0.25) is 0 Å². The fourth-order valence-electron chi connectivity index (χ4n) is 6.25. The number of alkyl halides is 6. The summed E-state index contributed by atoms with van der Waals surface area (Å²) in [5.74, 6) is -0.710. The van der Waals surface area contributed by atoms with Gasteiger partial charge in [-0.3, -0.25) is 4.79 Å². The van der Waals surface area contributed by atoms with Crippen LogP contribution >= 0.6 is 11.3 Å². The number of fused-ring (bicyclic) bond motifs is 1. The number of nitrogens with two attached hydrogens (primary N) is 2. The Labute approximate surface area is 282 Å². The Morgan fingerprint density at radius 2 is 1.65 bits per heavy atom. The number of aryl methyl sites for hydroxylation is 1. The molecule has 266 valence electrons. The van der Waals surface area contributed by atoms with Crippen molar-refractivity contribution in [3.8, 4) is 16.2 Å². The van der Waals surface area contributed by atoms with Crippen LogP contribution in [-0.4, -0.2) is 35.9 Å². The number of esters is 1. The number of benzene rings is 2. The number of rotatable bonds is 12. The van der Waals surface area contributed by atoms with Gasteiger partial charge in [-0.15, -0.1) is 11.3 Å². The molecule has 1 aliphatic rings. The third kappa shape index (κ3) is 8.13. The Hall–Kier alpha value is -2.83. The summed E-state index contributed by atoms with van der Waals surface area (Å²) in [7, 11) is 0. The molecule has 5 nitrogen and oxygen atoms in total. The fraction of sp³-hybridized carbons (Fsp3) is 0.583. The number of halogens is 6. The normalized spacial score (nSPS) is 21.5. The quantitative estimate of drug-likeness (QED) is 0.112. The van der Waals surface area contributed by atoms with Crippen molar-refractivity contribution in [2.45, 2.75) is 123 Å². The van der Waals surface area contributed by atoms with Crippen LogP contribution in [0.25, 0.3) is 20.5 Å². The summed E-state index contributed by atoms with van der Waals surface area (Å²) >= 11 is 1.11. The van der Waals surface area contributed by atoms with E-state index in [0.717, 1.165) is 37.5 Å². The first-order valence-electron chi connectivity index (χ1n) is 16.3. The highest BCUT2D eigenvalue weighted by Gasteiger charge is 2.66. The van der Waals surface area contributed by atoms with Crippen LogP contribution in [0.2, 0.25) is 0 Å². The molecule has 1 aliphatic carbocycles. The van der Waals surface area contributed by atoms with Gasteiger partial charge in [0.15, 0.2) is 0 Å². The minimum absolute atomic E-state index is 0.0381. The number of hydrogen-bond donors (Lipinski definition) is 2. The monoisotopic (exact) mass is 700 g/mol. The SMILES string of the molecule is CCCCCc1ccc(-c2cc3ccc(OC4CCC(OC(=O)C(C)(C)C(N)CC(C)(C)N)C4(C)C(F)(F)F)cc3s2)c(C(F)(F)F)c1. The van der Waals surface area contributed by atoms with E-state index in [1.165, 1.54) is 32.0 Å². The van der Waals surface area contributed by atoms with Gasteiger partial charge in [0, 0.05) is 26.7 Å². The summed E-state index contributed by atoms with van der Waals surface area (Å²) in [6.07, 6.45) is -8.88. The smallest absolute Gasteiger partial charge is 0.417 e. The Bertz CT molecular complexity index is 1590. The van der Waals surface area contributed by atoms with Gasteiger partial charge in [-0.2, -0.15) is 26.3 Å². The van der Waals surface area contributed by atoms with Crippen LogP contribution < -0.4 is 16.2 Å². The molecule has 0 amide bonds. The van der Waals surface area contributed by atoms with E-state index in [0.29, 0.717) is 26.9 Å². The molecule has 12 heteroatoms. The third-order valence-electron chi connectivity index (χ3n) is 9.58. The molecule has 0 saturated heterocycles. The number of thiophene rings is 1. The molecule has 48 heavy (non-hydrogen) atoms. The molecule has 4 unspecified atom stereocenters. The van der Waals surface area contributed by atoms with Crippen LogP contribution in [0, 0.1) is 10.8 Å². The molecule has 4 rings (SSSR count). The molecule has 1 saturated carbocycles. The van der Waals surface area contributed by atoms with E-state index in [2.05, 4.69) is 0 Å². The van der Waals surface area contributed by atoms with Crippen molar-refractivity contribution in [1.29, 1.82) is 0 Å². The molecule has 4 atom stereocenters. The lowest BCUT2D eigenvalue weighted by molar-refractivity contribution is -0.265. The van der Waals surface area contributed by atoms with E-state index in [1.54, 1.807) is 38.1 Å². The molecule has 0 bridgehead atoms. The first-order valence-corrected chi connectivity index (χ1v) is 17.1. The van der Waals surface area contributed by atoms with Crippen molar-refractivity contribution in [2.75, 3.05) is 0 Å². The fourth-order valence-corrected chi connectivity index (χ4v) is 7.38. The molecule has 1 heterocycles. The molecule has 1 aromatic heterocycles. The van der Waals surface area contributed by atoms with Gasteiger partial charge in [-0.05, 0) is 108 Å². The second-order valence-electron chi connectivity index (χ2n) is 14.5. The first-order chi connectivity index (χ1) is 22.1. The van der Waals surface area contributed by atoms with Gasteiger partial charge < -0.3 is 20.9 Å². The average Bonchev–Trinajstić information content (AvgIpc) is 3.53. The van der Waals surface area contributed by atoms with E-state index < -0.39 is 58.5 Å². The molecule has 4 N–H and O–H groups in total. The highest BCUT2D eigenvalue weighted by molar-refractivity contribution is 7.22. The zero-order chi connectivity index (χ0) is 35.9. The average molecular weight is 701 g/mol. The molecule has 0 spiro atoms. The lowest BCUT2D eigenvalue weighted by atomic mass is 9.78. The van der Waals surface area contributed by atoms with Crippen LogP contribution in [-0.2, 0) is 22.1 Å². The van der Waals surface area contributed by atoms with Crippen molar-refractivity contribution in [2.24, 2.45) is 22.3 Å². The zero-order valence-corrected chi connectivity index (χ0v) is 29.1. The number of ether oxygens (including phenoxy) is 2. The minimum Gasteiger partial charge on any atom is -0.489 e. The second-order valence-corrected chi connectivity index (χ2v) is 15.6. The maximum absolute atomic E-state index is 14.8. The predicted molar refractivity (Wildman–Crippen MR) is 178 cm³/mol. The standard InChI is InChI=1S/C36H46F6N2O3S/c1-7-8-9-10-21-11-14-24(25(17-21)35(37,38)39)27-18-22-12-13-23(19-26(22)48-27)46-29-15-16-30(34(29,6)36(40,41)42)47-31(45)33(4,5)28(43)20-32(2,3)44/h11-14,17-19,28-30H,7-10,15-16,20,43-44H2,1-6H3. The van der Waals surface area contributed by atoms with Gasteiger partial charge in [0.1, 0.15) is 23.4 Å². The third-order valence-corrected chi connectivity index (χ3v) is 10.7. The summed E-state index contributed by atoms with van der Waals surface area (Å²) in [5.41, 5.74) is 7.73. The summed E-state index contributed by atoms with van der Waals surface area (Å²) in [5, 5.41) is 0.638. The summed E-state index contributed by atoms with van der Waals surface area (Å²) < 4.78 is 98.8. The van der Waals surface area contributed by atoms with Crippen molar-refractivity contribution in [3.05, 3.63) is 53.6 Å². The predicted octanol–water partition coefficient (Wildman–Crippen LogP) is 9.82. The van der Waals surface area contributed by atoms with Gasteiger partial charge in [-0.25, -0.2) is 0 Å². The van der Waals surface area contributed by atoms with Crippen LogP contribution in [0.5, 0.6) is 5.75 Å². The Morgan fingerprint density at radius 1 is 0.979 bits per heavy atom. The molecule has 0 radical (unpaired) electrons. The highest BCUT2D eigenvalue weighted by Crippen LogP contribution is 2.53. The number of hydrogen-bond acceptors (Lipinski definition) is 6. The Kier molecular flexibility index (Phi) is 10.9. The summed E-state index contributed by atoms with van der Waals surface area (Å²) in [6.45, 7) is 9.57. The van der Waals surface area contributed by atoms with Crippen molar-refractivity contribution in [3.63, 3.8) is 0 Å². The Morgan fingerprint density at radius 3 is 2.25 bits per heavy atom. The van der Waals surface area contributed by atoms with Gasteiger partial charge >= 0.3 is 18.3 Å². The number of carbonyl (C=O) groups is 1. The van der Waals surface area contributed by atoms with Gasteiger partial charge in [-0.1, -0.05) is 31.9 Å². The van der Waals surface area contributed by atoms with Crippen LogP contribution in [0.15, 0.2) is 42.5 Å². The molecule has 1 fully saturated rings. The van der Waals surface area contributed by atoms with Crippen molar-refractivity contribution >= 4 is 27.4 Å². The van der Waals surface area contributed by atoms with Gasteiger partial charge in [0.25, 0.3) is 0 Å². The molecule has 0 aliphatic heterocycles. The first kappa shape index (κ1) is 38.0. The minimum atomic E-state index is -4.79. The molecule has 2 aromatic carbocycles. The van der Waals surface area contributed by atoms with E-state index in [9.17, 15) is 31.1 Å². The molecule has 3 aromatic rings. The zero-order valence-electron chi connectivity index (χ0n) is 28.3. The van der Waals surface area contributed by atoms with Gasteiger partial charge in [0.05, 0.1) is 11.0 Å². The number of carbonyl (C=O) groups excluding carboxylic acids is 1. The Balaban J connectivity index is 1.58.